The number of hydrogen-bond donors (Lipinski definition) is 0. The van der Waals surface area contributed by atoms with E-state index in [1.165, 1.54) is 26.6 Å². The van der Waals surface area contributed by atoms with Gasteiger partial charge in [0.1, 0.15) is 28.5 Å². The van der Waals surface area contributed by atoms with Crippen LogP contribution in [0.4, 0.5) is 0 Å². The summed E-state index contributed by atoms with van der Waals surface area (Å²) in [6.45, 7) is 0. The molecular formula is C27H21NP+. The number of benzene rings is 4. The van der Waals surface area contributed by atoms with Crippen molar-refractivity contribution in [3.63, 3.8) is 0 Å². The second-order valence-electron chi connectivity index (χ2n) is 7.06. The van der Waals surface area contributed by atoms with Crippen LogP contribution in [-0.2, 0) is 0 Å². The lowest BCUT2D eigenvalue weighted by Gasteiger charge is -2.27. The second kappa shape index (κ2) is 7.62. The van der Waals surface area contributed by atoms with Crippen molar-refractivity contribution in [2.45, 2.75) is 0 Å². The quantitative estimate of drug-likeness (QED) is 0.400. The molecule has 29 heavy (non-hydrogen) atoms. The molecule has 4 aromatic carbocycles. The van der Waals surface area contributed by atoms with Crippen molar-refractivity contribution in [1.82, 2.24) is 4.98 Å². The summed E-state index contributed by atoms with van der Waals surface area (Å²) < 4.78 is 0. The molecular weight excluding hydrogens is 369 g/mol. The molecule has 0 aliphatic carbocycles. The van der Waals surface area contributed by atoms with Crippen molar-refractivity contribution in [2.75, 3.05) is 0 Å². The van der Waals surface area contributed by atoms with Crippen LogP contribution in [0.5, 0.6) is 0 Å². The zero-order valence-electron chi connectivity index (χ0n) is 16.0. The molecule has 0 amide bonds. The minimum Gasteiger partial charge on any atom is -0.256 e. The highest BCUT2D eigenvalue weighted by molar-refractivity contribution is 8.01. The number of pyridine rings is 1. The van der Waals surface area contributed by atoms with E-state index in [2.05, 4.69) is 120 Å². The standard InChI is InChI=1S/C27H21NP/c1-4-12-23(13-5-1)29(24-14-6-2-7-15-24,25-16-8-3-9-17-25)26-18-19-27-22(21-26)11-10-20-28-27/h1-21H/q+1. The van der Waals surface area contributed by atoms with E-state index in [1.807, 2.05) is 12.3 Å². The first-order valence-electron chi connectivity index (χ1n) is 9.80. The first-order chi connectivity index (χ1) is 14.4. The predicted molar refractivity (Wildman–Crippen MR) is 127 cm³/mol. The van der Waals surface area contributed by atoms with E-state index in [4.69, 9.17) is 0 Å². The van der Waals surface area contributed by atoms with Crippen molar-refractivity contribution < 1.29 is 0 Å². The zero-order valence-corrected chi connectivity index (χ0v) is 16.9. The van der Waals surface area contributed by atoms with Crippen LogP contribution < -0.4 is 21.2 Å². The molecule has 0 spiro atoms. The fourth-order valence-corrected chi connectivity index (χ4v) is 8.40. The molecule has 0 aliphatic rings. The molecule has 1 nitrogen and oxygen atoms in total. The first-order valence-corrected chi connectivity index (χ1v) is 11.6. The van der Waals surface area contributed by atoms with Gasteiger partial charge in [0.25, 0.3) is 0 Å². The zero-order chi connectivity index (χ0) is 19.5. The molecule has 138 valence electrons. The molecule has 2 heteroatoms. The summed E-state index contributed by atoms with van der Waals surface area (Å²) in [4.78, 5) is 4.53. The first kappa shape index (κ1) is 17.8. The van der Waals surface area contributed by atoms with E-state index >= 15 is 0 Å². The molecule has 0 saturated heterocycles. The van der Waals surface area contributed by atoms with Crippen molar-refractivity contribution in [3.05, 3.63) is 128 Å². The SMILES string of the molecule is c1ccc([P+](c2ccccc2)(c2ccccc2)c2ccc3ncccc3c2)cc1. The molecule has 1 aromatic heterocycles. The van der Waals surface area contributed by atoms with Gasteiger partial charge in [0.15, 0.2) is 0 Å². The van der Waals surface area contributed by atoms with Crippen molar-refractivity contribution in [2.24, 2.45) is 0 Å². The van der Waals surface area contributed by atoms with Crippen LogP contribution in [0.3, 0.4) is 0 Å². The topological polar surface area (TPSA) is 12.9 Å². The lowest BCUT2D eigenvalue weighted by Crippen LogP contribution is -2.38. The monoisotopic (exact) mass is 390 g/mol. The van der Waals surface area contributed by atoms with Crippen molar-refractivity contribution in [3.8, 4) is 0 Å². The van der Waals surface area contributed by atoms with Gasteiger partial charge in [0.2, 0.25) is 0 Å². The molecule has 0 aliphatic heterocycles. The van der Waals surface area contributed by atoms with Gasteiger partial charge in [-0.05, 0) is 60.7 Å². The Balaban J connectivity index is 1.92. The van der Waals surface area contributed by atoms with E-state index in [9.17, 15) is 0 Å². The highest BCUT2D eigenvalue weighted by atomic mass is 31.2. The van der Waals surface area contributed by atoms with Crippen molar-refractivity contribution in [1.29, 1.82) is 0 Å². The molecule has 0 unspecified atom stereocenters. The lowest BCUT2D eigenvalue weighted by atomic mass is 10.2. The van der Waals surface area contributed by atoms with Gasteiger partial charge in [-0.15, -0.1) is 0 Å². The molecule has 0 atom stereocenters. The number of fused-ring (bicyclic) bond motifs is 1. The largest absolute Gasteiger partial charge is 0.256 e. The minimum absolute atomic E-state index is 1.03. The highest BCUT2D eigenvalue weighted by Gasteiger charge is 2.47. The average Bonchev–Trinajstić information content (AvgIpc) is 2.82. The van der Waals surface area contributed by atoms with Crippen LogP contribution in [-0.4, -0.2) is 4.98 Å². The Hall–Kier alpha value is -3.28. The van der Waals surface area contributed by atoms with Gasteiger partial charge < -0.3 is 0 Å². The Bertz CT molecular complexity index is 1140. The number of rotatable bonds is 4. The molecule has 0 fully saturated rings. The summed E-state index contributed by atoms with van der Waals surface area (Å²) in [7, 11) is -2.04. The predicted octanol–water partition coefficient (Wildman–Crippen LogP) is 4.85. The summed E-state index contributed by atoms with van der Waals surface area (Å²) in [5.41, 5.74) is 1.03. The van der Waals surface area contributed by atoms with Gasteiger partial charge in [-0.2, -0.15) is 0 Å². The van der Waals surface area contributed by atoms with E-state index in [0.29, 0.717) is 0 Å². The van der Waals surface area contributed by atoms with E-state index in [1.54, 1.807) is 0 Å². The molecule has 0 bridgehead atoms. The van der Waals surface area contributed by atoms with Gasteiger partial charge in [0.05, 0.1) is 5.52 Å². The number of aromatic nitrogens is 1. The third-order valence-electron chi connectivity index (χ3n) is 5.40. The number of hydrogen-bond acceptors (Lipinski definition) is 1. The molecule has 5 rings (SSSR count). The maximum atomic E-state index is 4.53. The normalized spacial score (nSPS) is 11.4. The Morgan fingerprint density at radius 1 is 0.448 bits per heavy atom. The van der Waals surface area contributed by atoms with Gasteiger partial charge in [-0.25, -0.2) is 0 Å². The lowest BCUT2D eigenvalue weighted by molar-refractivity contribution is 1.42. The van der Waals surface area contributed by atoms with E-state index < -0.39 is 7.26 Å². The van der Waals surface area contributed by atoms with Gasteiger partial charge >= 0.3 is 0 Å². The summed E-state index contributed by atoms with van der Waals surface area (Å²) in [6.07, 6.45) is 1.86. The fourth-order valence-electron chi connectivity index (χ4n) is 4.12. The van der Waals surface area contributed by atoms with Crippen LogP contribution in [0.1, 0.15) is 0 Å². The summed E-state index contributed by atoms with van der Waals surface area (Å²) in [5, 5.41) is 6.61. The van der Waals surface area contributed by atoms with Crippen molar-refractivity contribution >= 4 is 39.4 Å². The van der Waals surface area contributed by atoms with Crippen LogP contribution in [0.15, 0.2) is 128 Å². The Kier molecular flexibility index (Phi) is 4.68. The second-order valence-corrected chi connectivity index (χ2v) is 10.5. The van der Waals surface area contributed by atoms with Crippen LogP contribution in [0, 0.1) is 0 Å². The maximum Gasteiger partial charge on any atom is 0.144 e. The van der Waals surface area contributed by atoms with E-state index in [0.717, 1.165) is 5.52 Å². The van der Waals surface area contributed by atoms with Gasteiger partial charge in [-0.3, -0.25) is 4.98 Å². The summed E-state index contributed by atoms with van der Waals surface area (Å²) >= 11 is 0. The third kappa shape index (κ3) is 3.05. The molecule has 5 aromatic rings. The van der Waals surface area contributed by atoms with Crippen LogP contribution in [0.2, 0.25) is 0 Å². The number of nitrogens with zero attached hydrogens (tertiary/aromatic N) is 1. The fraction of sp³-hybridized carbons (Fsp3) is 0. The van der Waals surface area contributed by atoms with Crippen LogP contribution >= 0.6 is 7.26 Å². The van der Waals surface area contributed by atoms with Gasteiger partial charge in [0, 0.05) is 11.6 Å². The Morgan fingerprint density at radius 2 is 0.966 bits per heavy atom. The highest BCUT2D eigenvalue weighted by Crippen LogP contribution is 2.54. The Labute approximate surface area is 172 Å². The summed E-state index contributed by atoms with van der Waals surface area (Å²) in [6, 6.07) is 43.8. The minimum atomic E-state index is -2.04. The molecule has 1 heterocycles. The van der Waals surface area contributed by atoms with Gasteiger partial charge in [-0.1, -0.05) is 60.7 Å². The smallest absolute Gasteiger partial charge is 0.144 e. The van der Waals surface area contributed by atoms with Crippen LogP contribution in [0.25, 0.3) is 10.9 Å². The molecule has 0 N–H and O–H groups in total. The maximum absolute atomic E-state index is 4.53. The summed E-state index contributed by atoms with van der Waals surface area (Å²) in [5.74, 6) is 0. The average molecular weight is 390 g/mol. The third-order valence-corrected chi connectivity index (χ3v) is 9.68. The molecule has 0 radical (unpaired) electrons. The molecule has 0 saturated carbocycles. The Morgan fingerprint density at radius 3 is 1.48 bits per heavy atom. The van der Waals surface area contributed by atoms with E-state index in [-0.39, 0.29) is 0 Å².